The van der Waals surface area contributed by atoms with Crippen molar-refractivity contribution >= 4 is 16.8 Å². The van der Waals surface area contributed by atoms with Crippen LogP contribution in [0.3, 0.4) is 0 Å². The van der Waals surface area contributed by atoms with E-state index in [9.17, 15) is 14.0 Å². The maximum absolute atomic E-state index is 13.3. The normalized spacial score (nSPS) is 10.7. The Balaban J connectivity index is 2.72. The van der Waals surface area contributed by atoms with Crippen LogP contribution in [0.25, 0.3) is 10.9 Å². The molecule has 1 heterocycles. The van der Waals surface area contributed by atoms with Gasteiger partial charge in [0.25, 0.3) is 0 Å². The molecule has 3 N–H and O–H groups in total. The Labute approximate surface area is 96.3 Å². The molecule has 0 aliphatic rings. The molecule has 0 spiro atoms. The SMILES string of the molecule is Cc1c(F)ccc2[nH]c(CC(N)=O)cc(=O)c12. The second-order valence-electron chi connectivity index (χ2n) is 3.90. The average molecular weight is 234 g/mol. The maximum Gasteiger partial charge on any atom is 0.223 e. The number of hydrogen-bond donors (Lipinski definition) is 2. The Morgan fingerprint density at radius 3 is 2.82 bits per heavy atom. The molecule has 0 aliphatic carbocycles. The molecule has 5 heteroatoms. The number of aromatic nitrogens is 1. The second kappa shape index (κ2) is 4.01. The monoisotopic (exact) mass is 234 g/mol. The first-order chi connectivity index (χ1) is 7.99. The van der Waals surface area contributed by atoms with Crippen LogP contribution in [-0.4, -0.2) is 10.9 Å². The zero-order chi connectivity index (χ0) is 12.6. The lowest BCUT2D eigenvalue weighted by molar-refractivity contribution is -0.117. The van der Waals surface area contributed by atoms with Gasteiger partial charge >= 0.3 is 0 Å². The molecule has 0 radical (unpaired) electrons. The zero-order valence-corrected chi connectivity index (χ0v) is 9.21. The summed E-state index contributed by atoms with van der Waals surface area (Å²) in [7, 11) is 0. The van der Waals surface area contributed by atoms with Crippen molar-refractivity contribution in [2.45, 2.75) is 13.3 Å². The van der Waals surface area contributed by atoms with Crippen LogP contribution in [-0.2, 0) is 11.2 Å². The predicted molar refractivity (Wildman–Crippen MR) is 62.2 cm³/mol. The summed E-state index contributed by atoms with van der Waals surface area (Å²) in [6.45, 7) is 1.54. The summed E-state index contributed by atoms with van der Waals surface area (Å²) in [5.74, 6) is -0.954. The predicted octanol–water partition coefficient (Wildman–Crippen LogP) is 1.00. The van der Waals surface area contributed by atoms with E-state index < -0.39 is 11.7 Å². The van der Waals surface area contributed by atoms with Gasteiger partial charge in [0.1, 0.15) is 5.82 Å². The lowest BCUT2D eigenvalue weighted by Crippen LogP contribution is -2.17. The van der Waals surface area contributed by atoms with E-state index in [1.807, 2.05) is 0 Å². The van der Waals surface area contributed by atoms with Crippen molar-refractivity contribution in [1.29, 1.82) is 0 Å². The smallest absolute Gasteiger partial charge is 0.223 e. The Morgan fingerprint density at radius 1 is 1.47 bits per heavy atom. The summed E-state index contributed by atoms with van der Waals surface area (Å²) in [5, 5.41) is 0.304. The summed E-state index contributed by atoms with van der Waals surface area (Å²) in [6, 6.07) is 4.03. The molecule has 17 heavy (non-hydrogen) atoms. The number of halogens is 1. The molecule has 0 fully saturated rings. The number of hydrogen-bond acceptors (Lipinski definition) is 2. The van der Waals surface area contributed by atoms with Crippen LogP contribution in [0.4, 0.5) is 4.39 Å². The van der Waals surface area contributed by atoms with Crippen LogP contribution in [0.15, 0.2) is 23.0 Å². The van der Waals surface area contributed by atoms with E-state index in [1.54, 1.807) is 6.92 Å². The number of aryl methyl sites for hydroxylation is 1. The van der Waals surface area contributed by atoms with Crippen molar-refractivity contribution in [3.63, 3.8) is 0 Å². The molecule has 0 saturated heterocycles. The van der Waals surface area contributed by atoms with E-state index in [0.29, 0.717) is 22.2 Å². The molecule has 2 rings (SSSR count). The van der Waals surface area contributed by atoms with E-state index in [-0.39, 0.29) is 11.8 Å². The molecule has 0 atom stereocenters. The maximum atomic E-state index is 13.3. The van der Waals surface area contributed by atoms with Crippen molar-refractivity contribution in [3.8, 4) is 0 Å². The van der Waals surface area contributed by atoms with E-state index in [1.165, 1.54) is 18.2 Å². The first kappa shape index (κ1) is 11.3. The van der Waals surface area contributed by atoms with Crippen molar-refractivity contribution in [3.05, 3.63) is 45.5 Å². The number of primary amides is 1. The van der Waals surface area contributed by atoms with Gasteiger partial charge in [-0.2, -0.15) is 0 Å². The summed E-state index contributed by atoms with van der Waals surface area (Å²) < 4.78 is 13.3. The van der Waals surface area contributed by atoms with Gasteiger partial charge in [0, 0.05) is 17.3 Å². The lowest BCUT2D eigenvalue weighted by atomic mass is 10.1. The molecule has 4 nitrogen and oxygen atoms in total. The second-order valence-corrected chi connectivity index (χ2v) is 3.90. The Bertz CT molecular complexity index is 661. The fraction of sp³-hybridized carbons (Fsp3) is 0.167. The number of carbonyl (C=O) groups excluding carboxylic acids is 1. The highest BCUT2D eigenvalue weighted by Crippen LogP contribution is 2.16. The molecule has 2 aromatic rings. The number of carbonyl (C=O) groups is 1. The third-order valence-corrected chi connectivity index (χ3v) is 2.61. The van der Waals surface area contributed by atoms with Crippen LogP contribution in [0, 0.1) is 12.7 Å². The number of nitrogens with one attached hydrogen (secondary N) is 1. The first-order valence-electron chi connectivity index (χ1n) is 5.08. The van der Waals surface area contributed by atoms with Crippen LogP contribution >= 0.6 is 0 Å². The topological polar surface area (TPSA) is 76.0 Å². The molecule has 0 unspecified atom stereocenters. The van der Waals surface area contributed by atoms with Gasteiger partial charge in [-0.05, 0) is 24.6 Å². The van der Waals surface area contributed by atoms with Crippen molar-refractivity contribution in [1.82, 2.24) is 4.98 Å². The molecular weight excluding hydrogens is 223 g/mol. The molecular formula is C12H11FN2O2. The number of fused-ring (bicyclic) bond motifs is 1. The van der Waals surface area contributed by atoms with Gasteiger partial charge in [0.15, 0.2) is 5.43 Å². The van der Waals surface area contributed by atoms with Crippen LogP contribution in [0.2, 0.25) is 0 Å². The largest absolute Gasteiger partial charge is 0.369 e. The molecule has 0 bridgehead atoms. The molecule has 0 aliphatic heterocycles. The minimum absolute atomic E-state index is 0.0401. The Morgan fingerprint density at radius 2 is 2.18 bits per heavy atom. The summed E-state index contributed by atoms with van der Waals surface area (Å²) in [6.07, 6.45) is -0.0401. The Hall–Kier alpha value is -2.17. The van der Waals surface area contributed by atoms with Gasteiger partial charge in [-0.1, -0.05) is 0 Å². The first-order valence-corrected chi connectivity index (χ1v) is 5.08. The van der Waals surface area contributed by atoms with Gasteiger partial charge < -0.3 is 10.7 Å². The minimum Gasteiger partial charge on any atom is -0.369 e. The highest BCUT2D eigenvalue weighted by molar-refractivity contribution is 5.83. The molecule has 0 saturated carbocycles. The van der Waals surface area contributed by atoms with E-state index in [2.05, 4.69) is 4.98 Å². The minimum atomic E-state index is -0.529. The molecule has 1 aromatic carbocycles. The van der Waals surface area contributed by atoms with Crippen LogP contribution in [0.1, 0.15) is 11.3 Å². The number of pyridine rings is 1. The van der Waals surface area contributed by atoms with Crippen molar-refractivity contribution in [2.75, 3.05) is 0 Å². The van der Waals surface area contributed by atoms with Crippen LogP contribution < -0.4 is 11.2 Å². The zero-order valence-electron chi connectivity index (χ0n) is 9.21. The fourth-order valence-corrected chi connectivity index (χ4v) is 1.83. The fourth-order valence-electron chi connectivity index (χ4n) is 1.83. The molecule has 1 amide bonds. The van der Waals surface area contributed by atoms with Crippen LogP contribution in [0.5, 0.6) is 0 Å². The third-order valence-electron chi connectivity index (χ3n) is 2.61. The number of benzene rings is 1. The van der Waals surface area contributed by atoms with Gasteiger partial charge in [-0.15, -0.1) is 0 Å². The highest BCUT2D eigenvalue weighted by Gasteiger charge is 2.09. The summed E-state index contributed by atoms with van der Waals surface area (Å²) >= 11 is 0. The van der Waals surface area contributed by atoms with Crippen molar-refractivity contribution in [2.24, 2.45) is 5.73 Å². The summed E-state index contributed by atoms with van der Waals surface area (Å²) in [5.41, 5.74) is 5.98. The highest BCUT2D eigenvalue weighted by atomic mass is 19.1. The number of nitrogens with two attached hydrogens (primary N) is 1. The van der Waals surface area contributed by atoms with Gasteiger partial charge in [0.2, 0.25) is 5.91 Å². The average Bonchev–Trinajstić information content (AvgIpc) is 2.22. The number of H-pyrrole nitrogens is 1. The van der Waals surface area contributed by atoms with Gasteiger partial charge in [-0.3, -0.25) is 9.59 Å². The van der Waals surface area contributed by atoms with E-state index in [0.717, 1.165) is 0 Å². The Kier molecular flexibility index (Phi) is 2.67. The number of amides is 1. The number of rotatable bonds is 2. The van der Waals surface area contributed by atoms with E-state index in [4.69, 9.17) is 5.73 Å². The van der Waals surface area contributed by atoms with E-state index >= 15 is 0 Å². The summed E-state index contributed by atoms with van der Waals surface area (Å²) in [4.78, 5) is 25.5. The lowest BCUT2D eigenvalue weighted by Gasteiger charge is -2.05. The third kappa shape index (κ3) is 2.04. The van der Waals surface area contributed by atoms with Gasteiger partial charge in [-0.25, -0.2) is 4.39 Å². The molecule has 1 aromatic heterocycles. The van der Waals surface area contributed by atoms with Gasteiger partial charge in [0.05, 0.1) is 11.8 Å². The quantitative estimate of drug-likeness (QED) is 0.813. The number of aromatic amines is 1. The molecule has 88 valence electrons. The van der Waals surface area contributed by atoms with Crippen molar-refractivity contribution < 1.29 is 9.18 Å². The standard InChI is InChI=1S/C12H11FN2O2/c1-6-8(13)2-3-9-12(6)10(16)4-7(15-9)5-11(14)17/h2-4H,5H2,1H3,(H2,14,17)(H,15,16).